The molecule has 0 saturated carbocycles. The molecule has 2 N–H and O–H groups in total. The van der Waals surface area contributed by atoms with Crippen LogP contribution in [0.4, 0.5) is 10.5 Å². The van der Waals surface area contributed by atoms with Gasteiger partial charge in [0.15, 0.2) is 9.84 Å². The third kappa shape index (κ3) is 2.52. The summed E-state index contributed by atoms with van der Waals surface area (Å²) in [6, 6.07) is 7.29. The Kier molecular flexibility index (Phi) is 3.68. The number of benzene rings is 1. The molecular weight excluding hydrogens is 314 g/mol. The number of nitrogens with two attached hydrogens (primary N) is 1. The Bertz CT molecular complexity index is 727. The van der Waals surface area contributed by atoms with Gasteiger partial charge in [0.25, 0.3) is 0 Å². The lowest BCUT2D eigenvalue weighted by molar-refractivity contribution is 0.218. The van der Waals surface area contributed by atoms with Gasteiger partial charge in [-0.05, 0) is 38.0 Å². The van der Waals surface area contributed by atoms with Gasteiger partial charge in [0, 0.05) is 31.1 Å². The summed E-state index contributed by atoms with van der Waals surface area (Å²) in [6.45, 7) is 4.68. The topological polar surface area (TPSA) is 83.7 Å². The van der Waals surface area contributed by atoms with Crippen LogP contribution in [0.2, 0.25) is 0 Å². The second-order valence-electron chi connectivity index (χ2n) is 6.94. The van der Waals surface area contributed by atoms with Crippen LogP contribution < -0.4 is 10.6 Å². The molecular formula is C16H23N3O3S. The number of nitrogens with zero attached hydrogens (tertiary/aromatic N) is 2. The Morgan fingerprint density at radius 1 is 1.22 bits per heavy atom. The summed E-state index contributed by atoms with van der Waals surface area (Å²) in [4.78, 5) is 16.0. The quantitative estimate of drug-likeness (QED) is 0.901. The van der Waals surface area contributed by atoms with Crippen molar-refractivity contribution in [2.45, 2.75) is 37.1 Å². The third-order valence-corrected chi connectivity index (χ3v) is 7.33. The van der Waals surface area contributed by atoms with Gasteiger partial charge in [-0.25, -0.2) is 13.2 Å². The molecule has 2 heterocycles. The van der Waals surface area contributed by atoms with E-state index in [1.807, 2.05) is 17.0 Å². The molecule has 7 heteroatoms. The van der Waals surface area contributed by atoms with Crippen molar-refractivity contribution in [2.24, 2.45) is 5.73 Å². The zero-order chi connectivity index (χ0) is 17.0. The maximum atomic E-state index is 12.5. The molecule has 2 amide bonds. The lowest BCUT2D eigenvalue weighted by atomic mass is 10.0. The minimum absolute atomic E-state index is 0.0157. The maximum Gasteiger partial charge on any atom is 0.324 e. The van der Waals surface area contributed by atoms with Crippen LogP contribution in [0, 0.1) is 0 Å². The Balaban J connectivity index is 1.85. The number of carbonyl (C=O) groups excluding carboxylic acids is 1. The fourth-order valence-corrected chi connectivity index (χ4v) is 3.81. The first-order valence-electron chi connectivity index (χ1n) is 7.77. The van der Waals surface area contributed by atoms with Gasteiger partial charge in [-0.1, -0.05) is 12.1 Å². The molecule has 2 aliphatic rings. The zero-order valence-corrected chi connectivity index (χ0v) is 14.5. The van der Waals surface area contributed by atoms with E-state index in [9.17, 15) is 13.2 Å². The lowest BCUT2D eigenvalue weighted by Gasteiger charge is -2.24. The molecule has 1 aromatic carbocycles. The average Bonchev–Trinajstić information content (AvgIpc) is 2.99. The number of urea groups is 1. The van der Waals surface area contributed by atoms with Crippen molar-refractivity contribution in [2.75, 3.05) is 24.2 Å². The fraction of sp³-hybridized carbons (Fsp3) is 0.562. The molecule has 0 aliphatic carbocycles. The summed E-state index contributed by atoms with van der Waals surface area (Å²) in [5.74, 6) is 0. The van der Waals surface area contributed by atoms with Crippen LogP contribution in [0.5, 0.6) is 0 Å². The summed E-state index contributed by atoms with van der Waals surface area (Å²) in [6.07, 6.45) is 2.09. The summed E-state index contributed by atoms with van der Waals surface area (Å²) in [5.41, 5.74) is 7.56. The molecule has 3 rings (SSSR count). The van der Waals surface area contributed by atoms with Gasteiger partial charge in [-0.3, -0.25) is 4.90 Å². The van der Waals surface area contributed by atoms with Gasteiger partial charge >= 0.3 is 6.03 Å². The highest BCUT2D eigenvalue weighted by molar-refractivity contribution is 7.91. The molecule has 0 radical (unpaired) electrons. The highest BCUT2D eigenvalue weighted by Crippen LogP contribution is 2.33. The van der Waals surface area contributed by atoms with Crippen LogP contribution in [0.1, 0.15) is 25.8 Å². The monoisotopic (exact) mass is 337 g/mol. The normalized spacial score (nSPS) is 25.1. The molecule has 23 heavy (non-hydrogen) atoms. The molecule has 2 saturated heterocycles. The molecule has 6 nitrogen and oxygen atoms in total. The molecule has 0 spiro atoms. The minimum atomic E-state index is -3.22. The summed E-state index contributed by atoms with van der Waals surface area (Å²) in [5, 5.41) is 0. The number of sulfone groups is 1. The van der Waals surface area contributed by atoms with Crippen LogP contribution in [0.3, 0.4) is 0 Å². The average molecular weight is 337 g/mol. The Morgan fingerprint density at radius 3 is 2.35 bits per heavy atom. The molecule has 2 fully saturated rings. The molecule has 0 aromatic heterocycles. The first-order valence-corrected chi connectivity index (χ1v) is 9.66. The van der Waals surface area contributed by atoms with E-state index >= 15 is 0 Å². The smallest absolute Gasteiger partial charge is 0.324 e. The number of carbonyl (C=O) groups is 1. The van der Waals surface area contributed by atoms with Crippen LogP contribution in [0.25, 0.3) is 0 Å². The summed E-state index contributed by atoms with van der Waals surface area (Å²) in [7, 11) is -3.22. The second kappa shape index (κ2) is 5.21. The van der Waals surface area contributed by atoms with Crippen LogP contribution in [-0.2, 0) is 14.6 Å². The minimum Gasteiger partial charge on any atom is -0.326 e. The predicted molar refractivity (Wildman–Crippen MR) is 90.1 cm³/mol. The van der Waals surface area contributed by atoms with Crippen molar-refractivity contribution in [1.82, 2.24) is 4.90 Å². The van der Waals surface area contributed by atoms with Gasteiger partial charge in [0.1, 0.15) is 0 Å². The van der Waals surface area contributed by atoms with E-state index in [-0.39, 0.29) is 18.1 Å². The number of fused-ring (bicyclic) bond motifs is 1. The van der Waals surface area contributed by atoms with Crippen molar-refractivity contribution in [3.05, 3.63) is 29.8 Å². The Morgan fingerprint density at radius 2 is 1.83 bits per heavy atom. The molecule has 2 aliphatic heterocycles. The standard InChI is InChI=1S/C16H23N3O3S/c1-16(2,23(3,21)22)11-4-6-12(7-5-11)19-10-14-13(17)8-9-18(14)15(19)20/h4-7,13-14H,8-10,17H2,1-3H3/t13-,14-/m1/s1. The van der Waals surface area contributed by atoms with E-state index in [1.54, 1.807) is 30.9 Å². The second-order valence-corrected chi connectivity index (χ2v) is 9.50. The third-order valence-electron chi connectivity index (χ3n) is 5.25. The van der Waals surface area contributed by atoms with E-state index in [1.165, 1.54) is 6.26 Å². The van der Waals surface area contributed by atoms with Crippen LogP contribution in [-0.4, -0.2) is 50.8 Å². The molecule has 126 valence electrons. The molecule has 0 bridgehead atoms. The van der Waals surface area contributed by atoms with E-state index < -0.39 is 14.6 Å². The highest BCUT2D eigenvalue weighted by atomic mass is 32.2. The molecule has 1 aromatic rings. The Hall–Kier alpha value is -1.60. The van der Waals surface area contributed by atoms with Crippen molar-refractivity contribution < 1.29 is 13.2 Å². The first-order chi connectivity index (χ1) is 10.6. The Labute approximate surface area is 137 Å². The number of amides is 2. The largest absolute Gasteiger partial charge is 0.326 e. The fourth-order valence-electron chi connectivity index (χ4n) is 3.24. The number of rotatable bonds is 3. The van der Waals surface area contributed by atoms with Crippen molar-refractivity contribution in [3.8, 4) is 0 Å². The van der Waals surface area contributed by atoms with Crippen molar-refractivity contribution in [1.29, 1.82) is 0 Å². The predicted octanol–water partition coefficient (Wildman–Crippen LogP) is 1.31. The van der Waals surface area contributed by atoms with Gasteiger partial charge in [0.2, 0.25) is 0 Å². The van der Waals surface area contributed by atoms with Crippen LogP contribution >= 0.6 is 0 Å². The summed E-state index contributed by atoms with van der Waals surface area (Å²) >= 11 is 0. The van der Waals surface area contributed by atoms with Gasteiger partial charge in [-0.2, -0.15) is 0 Å². The van der Waals surface area contributed by atoms with Gasteiger partial charge in [-0.15, -0.1) is 0 Å². The number of hydrogen-bond acceptors (Lipinski definition) is 4. The van der Waals surface area contributed by atoms with Gasteiger partial charge in [0.05, 0.1) is 10.8 Å². The summed E-state index contributed by atoms with van der Waals surface area (Å²) < 4.78 is 22.9. The van der Waals surface area contributed by atoms with Crippen molar-refractivity contribution >= 4 is 21.6 Å². The zero-order valence-electron chi connectivity index (χ0n) is 13.7. The SMILES string of the molecule is CC(C)(c1ccc(N2C[C@@H]3[C@H](N)CCN3C2=O)cc1)S(C)(=O)=O. The highest BCUT2D eigenvalue weighted by Gasteiger charge is 2.44. The van der Waals surface area contributed by atoms with Gasteiger partial charge < -0.3 is 10.6 Å². The maximum absolute atomic E-state index is 12.5. The van der Waals surface area contributed by atoms with E-state index in [0.29, 0.717) is 18.7 Å². The van der Waals surface area contributed by atoms with E-state index in [0.717, 1.165) is 12.1 Å². The lowest BCUT2D eigenvalue weighted by Crippen LogP contribution is -2.37. The van der Waals surface area contributed by atoms with E-state index in [4.69, 9.17) is 5.73 Å². The number of anilines is 1. The van der Waals surface area contributed by atoms with Crippen molar-refractivity contribution in [3.63, 3.8) is 0 Å². The molecule has 2 atom stereocenters. The first kappa shape index (κ1) is 16.3. The number of hydrogen-bond donors (Lipinski definition) is 1. The van der Waals surface area contributed by atoms with E-state index in [2.05, 4.69) is 0 Å². The van der Waals surface area contributed by atoms with Crippen LogP contribution in [0.15, 0.2) is 24.3 Å². The molecule has 0 unspecified atom stereocenters.